The lowest BCUT2D eigenvalue weighted by Crippen LogP contribution is -2.54. The summed E-state index contributed by atoms with van der Waals surface area (Å²) in [5.41, 5.74) is 0. The molecule has 0 spiro atoms. The van der Waals surface area contributed by atoms with Gasteiger partial charge in [-0.2, -0.15) is 0 Å². The van der Waals surface area contributed by atoms with E-state index in [4.69, 9.17) is 4.74 Å². The maximum absolute atomic E-state index is 10.9. The summed E-state index contributed by atoms with van der Waals surface area (Å²) in [6.07, 6.45) is -0.432. The summed E-state index contributed by atoms with van der Waals surface area (Å²) in [4.78, 5) is 10.9. The van der Waals surface area contributed by atoms with Crippen LogP contribution in [0.25, 0.3) is 0 Å². The lowest BCUT2D eigenvalue weighted by atomic mass is 10.4. The van der Waals surface area contributed by atoms with Crippen LogP contribution in [0.4, 0.5) is 0 Å². The summed E-state index contributed by atoms with van der Waals surface area (Å²) >= 11 is 0. The van der Waals surface area contributed by atoms with E-state index in [1.807, 2.05) is 6.92 Å². The van der Waals surface area contributed by atoms with Gasteiger partial charge in [-0.3, -0.25) is 10.1 Å². The molecule has 1 saturated heterocycles. The first-order valence-electron chi connectivity index (χ1n) is 3.47. The summed E-state index contributed by atoms with van der Waals surface area (Å²) < 4.78 is 5.07. The van der Waals surface area contributed by atoms with Crippen LogP contribution < -0.4 is 10.6 Å². The first-order valence-corrected chi connectivity index (χ1v) is 3.47. The van der Waals surface area contributed by atoms with Crippen molar-refractivity contribution in [1.82, 2.24) is 10.6 Å². The average molecular weight is 144 g/mol. The van der Waals surface area contributed by atoms with Crippen molar-refractivity contribution in [3.63, 3.8) is 0 Å². The number of ether oxygens (including phenoxy) is 1. The predicted molar refractivity (Wildman–Crippen MR) is 36.4 cm³/mol. The highest BCUT2D eigenvalue weighted by Crippen LogP contribution is 1.90. The predicted octanol–water partition coefficient (Wildman–Crippen LogP) is -0.932. The van der Waals surface area contributed by atoms with Crippen LogP contribution in [0.3, 0.4) is 0 Å². The Kier molecular flexibility index (Phi) is 2.65. The number of carbonyl (C=O) groups is 1. The van der Waals surface area contributed by atoms with Crippen molar-refractivity contribution < 1.29 is 9.53 Å². The van der Waals surface area contributed by atoms with E-state index >= 15 is 0 Å². The molecule has 1 aliphatic rings. The Morgan fingerprint density at radius 1 is 1.70 bits per heavy atom. The van der Waals surface area contributed by atoms with Gasteiger partial charge in [-0.15, -0.1) is 0 Å². The molecule has 0 unspecified atom stereocenters. The van der Waals surface area contributed by atoms with Crippen LogP contribution >= 0.6 is 0 Å². The van der Waals surface area contributed by atoms with Crippen LogP contribution in [0.2, 0.25) is 0 Å². The van der Waals surface area contributed by atoms with Gasteiger partial charge in [0.25, 0.3) is 5.91 Å². The second-order valence-electron chi connectivity index (χ2n) is 2.08. The molecule has 1 fully saturated rings. The minimum absolute atomic E-state index is 0.0619. The van der Waals surface area contributed by atoms with Gasteiger partial charge in [-0.25, -0.2) is 0 Å². The number of piperazine rings is 1. The molecule has 2 N–H and O–H groups in total. The van der Waals surface area contributed by atoms with Crippen LogP contribution in [-0.2, 0) is 9.53 Å². The first kappa shape index (κ1) is 7.50. The maximum atomic E-state index is 10.9. The van der Waals surface area contributed by atoms with Gasteiger partial charge in [0.05, 0.1) is 0 Å². The van der Waals surface area contributed by atoms with Crippen molar-refractivity contribution in [1.29, 1.82) is 0 Å². The molecule has 10 heavy (non-hydrogen) atoms. The number of hydrogen-bond donors (Lipinski definition) is 2. The topological polar surface area (TPSA) is 50.4 Å². The highest BCUT2D eigenvalue weighted by molar-refractivity contribution is 5.80. The number of hydrogen-bond acceptors (Lipinski definition) is 3. The van der Waals surface area contributed by atoms with E-state index in [-0.39, 0.29) is 5.91 Å². The smallest absolute Gasteiger partial charge is 0.264 e. The van der Waals surface area contributed by atoms with E-state index in [2.05, 4.69) is 10.6 Å². The normalized spacial score (nSPS) is 26.1. The number of carbonyl (C=O) groups excluding carboxylic acids is 1. The molecule has 58 valence electrons. The molecule has 0 aromatic rings. The lowest BCUT2D eigenvalue weighted by Gasteiger charge is -2.22. The van der Waals surface area contributed by atoms with Crippen LogP contribution in [-0.4, -0.2) is 31.8 Å². The monoisotopic (exact) mass is 144 g/mol. The number of rotatable bonds is 2. The fourth-order valence-electron chi connectivity index (χ4n) is 0.876. The molecule has 1 rings (SSSR count). The van der Waals surface area contributed by atoms with Crippen LogP contribution in [0.1, 0.15) is 6.92 Å². The summed E-state index contributed by atoms with van der Waals surface area (Å²) in [5.74, 6) is -0.0619. The van der Waals surface area contributed by atoms with Gasteiger partial charge in [0, 0.05) is 19.7 Å². The number of nitrogens with one attached hydrogen (secondary N) is 2. The van der Waals surface area contributed by atoms with Gasteiger partial charge in [0.15, 0.2) is 6.23 Å². The van der Waals surface area contributed by atoms with E-state index in [1.165, 1.54) is 0 Å². The van der Waals surface area contributed by atoms with Crippen molar-refractivity contribution >= 4 is 5.91 Å². The van der Waals surface area contributed by atoms with Gasteiger partial charge in [0.1, 0.15) is 0 Å². The second kappa shape index (κ2) is 3.53. The quantitative estimate of drug-likeness (QED) is 0.526. The van der Waals surface area contributed by atoms with Crippen molar-refractivity contribution in [2.24, 2.45) is 0 Å². The van der Waals surface area contributed by atoms with Crippen LogP contribution in [0, 0.1) is 0 Å². The molecule has 1 heterocycles. The fraction of sp³-hybridized carbons (Fsp3) is 0.833. The minimum Gasteiger partial charge on any atom is -0.354 e. The van der Waals surface area contributed by atoms with Crippen molar-refractivity contribution in [3.8, 4) is 0 Å². The fourth-order valence-corrected chi connectivity index (χ4v) is 0.876. The van der Waals surface area contributed by atoms with Gasteiger partial charge >= 0.3 is 0 Å². The molecular weight excluding hydrogens is 132 g/mol. The summed E-state index contributed by atoms with van der Waals surface area (Å²) in [7, 11) is 0. The summed E-state index contributed by atoms with van der Waals surface area (Å²) in [6, 6.07) is 0. The van der Waals surface area contributed by atoms with Gasteiger partial charge in [-0.05, 0) is 6.92 Å². The molecule has 0 aliphatic carbocycles. The van der Waals surface area contributed by atoms with Crippen molar-refractivity contribution in [2.45, 2.75) is 13.2 Å². The molecular formula is C6H12N2O2. The standard InChI is InChI=1S/C6H12N2O2/c1-2-10-6-5(9)7-3-4-8-6/h6,8H,2-4H2,1H3,(H,7,9)/t6-/m0/s1. The highest BCUT2D eigenvalue weighted by Gasteiger charge is 2.20. The Hall–Kier alpha value is -0.610. The molecule has 1 aliphatic heterocycles. The van der Waals surface area contributed by atoms with E-state index < -0.39 is 6.23 Å². The number of amides is 1. The lowest BCUT2D eigenvalue weighted by molar-refractivity contribution is -0.136. The molecule has 4 nitrogen and oxygen atoms in total. The Balaban J connectivity index is 2.32. The third-order valence-corrected chi connectivity index (χ3v) is 1.33. The van der Waals surface area contributed by atoms with Gasteiger partial charge in [-0.1, -0.05) is 0 Å². The molecule has 1 atom stereocenters. The zero-order valence-corrected chi connectivity index (χ0v) is 6.02. The van der Waals surface area contributed by atoms with Crippen LogP contribution in [0.15, 0.2) is 0 Å². The molecule has 0 aromatic carbocycles. The minimum atomic E-state index is -0.432. The Labute approximate surface area is 59.9 Å². The second-order valence-corrected chi connectivity index (χ2v) is 2.08. The Morgan fingerprint density at radius 3 is 3.10 bits per heavy atom. The molecule has 4 heteroatoms. The zero-order valence-electron chi connectivity index (χ0n) is 6.02. The zero-order chi connectivity index (χ0) is 7.40. The average Bonchev–Trinajstić information content (AvgIpc) is 1.94. The molecule has 0 radical (unpaired) electrons. The van der Waals surface area contributed by atoms with Crippen LogP contribution in [0.5, 0.6) is 0 Å². The van der Waals surface area contributed by atoms with Crippen molar-refractivity contribution in [3.05, 3.63) is 0 Å². The molecule has 1 amide bonds. The van der Waals surface area contributed by atoms with E-state index in [1.54, 1.807) is 0 Å². The Morgan fingerprint density at radius 2 is 2.50 bits per heavy atom. The van der Waals surface area contributed by atoms with Gasteiger partial charge < -0.3 is 10.1 Å². The molecule has 0 aromatic heterocycles. The van der Waals surface area contributed by atoms with Crippen molar-refractivity contribution in [2.75, 3.05) is 19.7 Å². The highest BCUT2D eigenvalue weighted by atomic mass is 16.5. The first-order chi connectivity index (χ1) is 4.84. The third kappa shape index (κ3) is 1.68. The third-order valence-electron chi connectivity index (χ3n) is 1.33. The van der Waals surface area contributed by atoms with E-state index in [9.17, 15) is 4.79 Å². The Bertz CT molecular complexity index is 125. The SMILES string of the molecule is CCO[C@@H]1NCCNC1=O. The van der Waals surface area contributed by atoms with E-state index in [0.717, 1.165) is 6.54 Å². The summed E-state index contributed by atoms with van der Waals surface area (Å²) in [6.45, 7) is 3.91. The van der Waals surface area contributed by atoms with Gasteiger partial charge in [0.2, 0.25) is 0 Å². The largest absolute Gasteiger partial charge is 0.354 e. The maximum Gasteiger partial charge on any atom is 0.264 e. The van der Waals surface area contributed by atoms with E-state index in [0.29, 0.717) is 13.2 Å². The summed E-state index contributed by atoms with van der Waals surface area (Å²) in [5, 5.41) is 5.63. The molecule has 0 saturated carbocycles. The molecule has 0 bridgehead atoms.